The lowest BCUT2D eigenvalue weighted by Crippen LogP contribution is -2.18. The highest BCUT2D eigenvalue weighted by atomic mass is 19.1. The first-order valence-electron chi connectivity index (χ1n) is 10.6. The second kappa shape index (κ2) is 9.68. The Kier molecular flexibility index (Phi) is 6.54. The zero-order valence-electron chi connectivity index (χ0n) is 17.8. The highest BCUT2D eigenvalue weighted by molar-refractivity contribution is 5.89. The summed E-state index contributed by atoms with van der Waals surface area (Å²) in [5, 5.41) is 9.40. The van der Waals surface area contributed by atoms with Crippen LogP contribution in [0.1, 0.15) is 41.6 Å². The summed E-state index contributed by atoms with van der Waals surface area (Å²) in [7, 11) is 1.60. The zero-order chi connectivity index (χ0) is 22.5. The lowest BCUT2D eigenvalue weighted by atomic mass is 10.1. The molecule has 1 fully saturated rings. The van der Waals surface area contributed by atoms with Crippen molar-refractivity contribution in [3.63, 3.8) is 0 Å². The number of carboxylic acid groups (broad SMARTS) is 1. The third-order valence-corrected chi connectivity index (χ3v) is 5.61. The van der Waals surface area contributed by atoms with Crippen molar-refractivity contribution in [3.05, 3.63) is 77.9 Å². The van der Waals surface area contributed by atoms with Gasteiger partial charge in [0.15, 0.2) is 11.5 Å². The van der Waals surface area contributed by atoms with Crippen LogP contribution in [0.4, 0.5) is 15.8 Å². The van der Waals surface area contributed by atoms with Gasteiger partial charge in [-0.25, -0.2) is 9.18 Å². The molecule has 1 N–H and O–H groups in total. The first-order valence-corrected chi connectivity index (χ1v) is 10.6. The first-order chi connectivity index (χ1) is 15.5. The van der Waals surface area contributed by atoms with Crippen molar-refractivity contribution in [2.24, 2.45) is 0 Å². The van der Waals surface area contributed by atoms with Crippen LogP contribution in [0.2, 0.25) is 0 Å². The third kappa shape index (κ3) is 4.82. The van der Waals surface area contributed by atoms with Crippen molar-refractivity contribution in [3.8, 4) is 11.5 Å². The second-order valence-corrected chi connectivity index (χ2v) is 7.78. The Morgan fingerprint density at radius 3 is 2.56 bits per heavy atom. The third-order valence-electron chi connectivity index (χ3n) is 5.61. The van der Waals surface area contributed by atoms with Crippen molar-refractivity contribution in [2.45, 2.75) is 38.3 Å². The quantitative estimate of drug-likeness (QED) is 0.497. The summed E-state index contributed by atoms with van der Waals surface area (Å²) in [5.41, 5.74) is 1.85. The largest absolute Gasteiger partial charge is 0.493 e. The molecule has 1 aliphatic carbocycles. The van der Waals surface area contributed by atoms with E-state index in [0.717, 1.165) is 36.9 Å². The van der Waals surface area contributed by atoms with Crippen LogP contribution in [0.15, 0.2) is 60.9 Å². The Hall–Kier alpha value is -3.61. The van der Waals surface area contributed by atoms with Crippen molar-refractivity contribution in [1.82, 2.24) is 4.98 Å². The van der Waals surface area contributed by atoms with Crippen molar-refractivity contribution in [2.75, 3.05) is 12.0 Å². The van der Waals surface area contributed by atoms with Crippen LogP contribution >= 0.6 is 0 Å². The number of benzene rings is 2. The standard InChI is InChI=1S/C25H25FN2O4/c1-31-23-11-9-19(14-24(23)32-20-6-2-3-7-20)28(16-17-5-4-12-27-15-17)18-8-10-22(26)21(13-18)25(29)30/h4-5,8-15,20H,2-3,6-7,16H2,1H3,(H,29,30). The Balaban J connectivity index is 1.76. The molecular formula is C25H25FN2O4. The number of aromatic nitrogens is 1. The lowest BCUT2D eigenvalue weighted by molar-refractivity contribution is 0.0692. The molecule has 0 spiro atoms. The molecule has 0 bridgehead atoms. The summed E-state index contributed by atoms with van der Waals surface area (Å²) in [4.78, 5) is 17.6. The summed E-state index contributed by atoms with van der Waals surface area (Å²) < 4.78 is 25.8. The van der Waals surface area contributed by atoms with E-state index in [2.05, 4.69) is 4.98 Å². The van der Waals surface area contributed by atoms with E-state index in [1.165, 1.54) is 12.1 Å². The number of hydrogen-bond acceptors (Lipinski definition) is 5. The summed E-state index contributed by atoms with van der Waals surface area (Å²) in [6, 6.07) is 13.4. The number of pyridine rings is 1. The lowest BCUT2D eigenvalue weighted by Gasteiger charge is -2.27. The minimum atomic E-state index is -1.31. The zero-order valence-corrected chi connectivity index (χ0v) is 17.8. The van der Waals surface area contributed by atoms with Crippen LogP contribution in [0.25, 0.3) is 0 Å². The molecule has 1 saturated carbocycles. The molecule has 3 aromatic rings. The van der Waals surface area contributed by atoms with Crippen LogP contribution in [0, 0.1) is 5.82 Å². The molecule has 0 saturated heterocycles. The molecule has 1 aliphatic rings. The van der Waals surface area contributed by atoms with E-state index in [-0.39, 0.29) is 11.7 Å². The Morgan fingerprint density at radius 1 is 1.12 bits per heavy atom. The molecular weight excluding hydrogens is 411 g/mol. The summed E-state index contributed by atoms with van der Waals surface area (Å²) in [6.07, 6.45) is 7.89. The number of carboxylic acids is 1. The van der Waals surface area contributed by atoms with Gasteiger partial charge in [-0.3, -0.25) is 4.98 Å². The number of ether oxygens (including phenoxy) is 2. The van der Waals surface area contributed by atoms with Gasteiger partial charge in [0.2, 0.25) is 0 Å². The topological polar surface area (TPSA) is 71.9 Å². The van der Waals surface area contributed by atoms with E-state index in [4.69, 9.17) is 9.47 Å². The molecule has 7 heteroatoms. The fourth-order valence-electron chi connectivity index (χ4n) is 3.96. The molecule has 1 heterocycles. The van der Waals surface area contributed by atoms with E-state index >= 15 is 0 Å². The van der Waals surface area contributed by atoms with Gasteiger partial charge in [-0.15, -0.1) is 0 Å². The van der Waals surface area contributed by atoms with Crippen LogP contribution in [-0.2, 0) is 6.54 Å². The Labute approximate surface area is 186 Å². The number of hydrogen-bond donors (Lipinski definition) is 1. The van der Waals surface area contributed by atoms with Crippen molar-refractivity contribution >= 4 is 17.3 Å². The minimum Gasteiger partial charge on any atom is -0.493 e. The molecule has 0 unspecified atom stereocenters. The number of nitrogens with zero attached hydrogens (tertiary/aromatic N) is 2. The van der Waals surface area contributed by atoms with E-state index < -0.39 is 11.8 Å². The molecule has 0 radical (unpaired) electrons. The van der Waals surface area contributed by atoms with Gasteiger partial charge in [-0.05, 0) is 67.6 Å². The fourth-order valence-corrected chi connectivity index (χ4v) is 3.96. The highest BCUT2D eigenvalue weighted by Gasteiger charge is 2.21. The molecule has 1 aromatic heterocycles. The maximum absolute atomic E-state index is 14.1. The van der Waals surface area contributed by atoms with Crippen LogP contribution in [0.3, 0.4) is 0 Å². The number of anilines is 2. The maximum atomic E-state index is 14.1. The SMILES string of the molecule is COc1ccc(N(Cc2cccnc2)c2ccc(F)c(C(=O)O)c2)cc1OC1CCCC1. The monoisotopic (exact) mass is 436 g/mol. The first kappa shape index (κ1) is 21.6. The number of halogens is 1. The molecule has 0 atom stereocenters. The number of aromatic carboxylic acids is 1. The summed E-state index contributed by atoms with van der Waals surface area (Å²) in [6.45, 7) is 0.410. The van der Waals surface area contributed by atoms with Gasteiger partial charge in [-0.2, -0.15) is 0 Å². The molecule has 2 aromatic carbocycles. The number of carbonyl (C=O) groups is 1. The average Bonchev–Trinajstić information content (AvgIpc) is 3.31. The molecule has 4 rings (SSSR count). The normalized spacial score (nSPS) is 13.7. The van der Waals surface area contributed by atoms with Gasteiger partial charge < -0.3 is 19.5 Å². The van der Waals surface area contributed by atoms with E-state index in [1.54, 1.807) is 25.6 Å². The average molecular weight is 436 g/mol. The van der Waals surface area contributed by atoms with Crippen molar-refractivity contribution < 1.29 is 23.8 Å². The van der Waals surface area contributed by atoms with Gasteiger partial charge in [0, 0.05) is 36.4 Å². The van der Waals surface area contributed by atoms with E-state index in [0.29, 0.717) is 23.7 Å². The van der Waals surface area contributed by atoms with Gasteiger partial charge >= 0.3 is 5.97 Å². The summed E-state index contributed by atoms with van der Waals surface area (Å²) in [5.74, 6) is -0.825. The van der Waals surface area contributed by atoms with Crippen LogP contribution in [-0.4, -0.2) is 29.3 Å². The Bertz CT molecular complexity index is 1080. The fraction of sp³-hybridized carbons (Fsp3) is 0.280. The maximum Gasteiger partial charge on any atom is 0.338 e. The molecule has 6 nitrogen and oxygen atoms in total. The minimum absolute atomic E-state index is 0.148. The second-order valence-electron chi connectivity index (χ2n) is 7.78. The van der Waals surface area contributed by atoms with Gasteiger partial charge in [0.1, 0.15) is 5.82 Å². The predicted molar refractivity (Wildman–Crippen MR) is 119 cm³/mol. The van der Waals surface area contributed by atoms with E-state index in [1.807, 2.05) is 35.2 Å². The van der Waals surface area contributed by atoms with Crippen molar-refractivity contribution in [1.29, 1.82) is 0 Å². The summed E-state index contributed by atoms with van der Waals surface area (Å²) >= 11 is 0. The Morgan fingerprint density at radius 2 is 1.88 bits per heavy atom. The predicted octanol–water partition coefficient (Wildman–Crippen LogP) is 5.59. The van der Waals surface area contributed by atoms with Gasteiger partial charge in [-0.1, -0.05) is 6.07 Å². The number of rotatable bonds is 8. The van der Waals surface area contributed by atoms with Crippen LogP contribution in [0.5, 0.6) is 11.5 Å². The number of methoxy groups -OCH3 is 1. The molecule has 0 amide bonds. The highest BCUT2D eigenvalue weighted by Crippen LogP contribution is 2.38. The van der Waals surface area contributed by atoms with Gasteiger partial charge in [0.05, 0.1) is 18.8 Å². The smallest absolute Gasteiger partial charge is 0.338 e. The van der Waals surface area contributed by atoms with E-state index in [9.17, 15) is 14.3 Å². The molecule has 32 heavy (non-hydrogen) atoms. The van der Waals surface area contributed by atoms with Crippen LogP contribution < -0.4 is 14.4 Å². The molecule has 0 aliphatic heterocycles. The van der Waals surface area contributed by atoms with Gasteiger partial charge in [0.25, 0.3) is 0 Å². The molecule has 166 valence electrons.